The molecule has 226 valence electrons. The topological polar surface area (TPSA) is 141 Å². The number of rotatable bonds is 8. The molecule has 0 aliphatic carbocycles. The van der Waals surface area contributed by atoms with Crippen LogP contribution in [0.1, 0.15) is 44.1 Å². The number of allylic oxidation sites excluding steroid dienone is 2. The van der Waals surface area contributed by atoms with Crippen molar-refractivity contribution in [2.75, 3.05) is 6.61 Å². The Morgan fingerprint density at radius 1 is 0.907 bits per heavy atom. The molecule has 0 saturated carbocycles. The summed E-state index contributed by atoms with van der Waals surface area (Å²) in [7, 11) is 0. The van der Waals surface area contributed by atoms with Gasteiger partial charge in [0.2, 0.25) is 0 Å². The van der Waals surface area contributed by atoms with Crippen LogP contribution in [0.25, 0.3) is 5.70 Å². The van der Waals surface area contributed by atoms with Gasteiger partial charge in [0, 0.05) is 38.3 Å². The van der Waals surface area contributed by atoms with Crippen molar-refractivity contribution in [1.29, 1.82) is 5.26 Å². The van der Waals surface area contributed by atoms with Gasteiger partial charge in [-0.05, 0) is 23.1 Å². The predicted molar refractivity (Wildman–Crippen MR) is 157 cm³/mol. The zero-order valence-electron chi connectivity index (χ0n) is 23.8. The van der Waals surface area contributed by atoms with E-state index in [1.54, 1.807) is 4.90 Å². The zero-order valence-corrected chi connectivity index (χ0v) is 25.5. The first kappa shape index (κ1) is 31.8. The summed E-state index contributed by atoms with van der Waals surface area (Å²) in [6.07, 6.45) is -4.67. The molecule has 0 amide bonds. The van der Waals surface area contributed by atoms with Crippen molar-refractivity contribution in [3.05, 3.63) is 75.0 Å². The lowest BCUT2D eigenvalue weighted by molar-refractivity contribution is -0.268. The molecular formula is C30H30N2O9S2. The van der Waals surface area contributed by atoms with Gasteiger partial charge in [0.05, 0.1) is 22.6 Å². The van der Waals surface area contributed by atoms with Gasteiger partial charge in [0.1, 0.15) is 12.7 Å². The highest BCUT2D eigenvalue weighted by Gasteiger charge is 2.55. The van der Waals surface area contributed by atoms with Crippen LogP contribution in [0.2, 0.25) is 0 Å². The Labute approximate surface area is 258 Å². The highest BCUT2D eigenvalue weighted by atomic mass is 32.1. The summed E-state index contributed by atoms with van der Waals surface area (Å²) in [4.78, 5) is 51.2. The van der Waals surface area contributed by atoms with Gasteiger partial charge < -0.3 is 28.6 Å². The third kappa shape index (κ3) is 7.27. The normalized spacial score (nSPS) is 25.2. The van der Waals surface area contributed by atoms with Crippen LogP contribution >= 0.6 is 24.0 Å². The molecule has 11 nitrogen and oxygen atoms in total. The summed E-state index contributed by atoms with van der Waals surface area (Å²) in [5, 5.41) is 12.4. The number of nitriles is 1. The lowest BCUT2D eigenvalue weighted by Gasteiger charge is -2.49. The monoisotopic (exact) mass is 626 g/mol. The number of hydrogen-bond donors (Lipinski definition) is 1. The van der Waals surface area contributed by atoms with Gasteiger partial charge in [0.15, 0.2) is 24.5 Å². The fourth-order valence-corrected chi connectivity index (χ4v) is 6.25. The average Bonchev–Trinajstić information content (AvgIpc) is 3.49. The van der Waals surface area contributed by atoms with Crippen molar-refractivity contribution < 1.29 is 42.9 Å². The van der Waals surface area contributed by atoms with E-state index in [2.05, 4.69) is 6.07 Å². The molecule has 0 N–H and O–H groups in total. The fraction of sp³-hybridized carbons (Fsp3) is 0.367. The molecule has 1 fully saturated rings. The van der Waals surface area contributed by atoms with E-state index in [0.717, 1.165) is 24.3 Å². The second kappa shape index (κ2) is 13.9. The lowest BCUT2D eigenvalue weighted by Crippen LogP contribution is -2.65. The van der Waals surface area contributed by atoms with Crippen LogP contribution in [-0.2, 0) is 42.9 Å². The fourth-order valence-electron chi connectivity index (χ4n) is 5.03. The zero-order chi connectivity index (χ0) is 31.3. The third-order valence-electron chi connectivity index (χ3n) is 6.62. The number of thiol groups is 1. The van der Waals surface area contributed by atoms with E-state index in [1.165, 1.54) is 25.2 Å². The molecule has 0 bridgehead atoms. The number of carbonyl (C=O) groups excluding carboxylic acids is 4. The first-order valence-electron chi connectivity index (χ1n) is 13.2. The second-order valence-corrected chi connectivity index (χ2v) is 11.1. The Balaban J connectivity index is 1.93. The Hall–Kier alpha value is -4.12. The first-order valence-corrected chi connectivity index (χ1v) is 14.6. The van der Waals surface area contributed by atoms with E-state index >= 15 is 0 Å². The number of benzene rings is 1. The molecule has 13 heteroatoms. The minimum absolute atomic E-state index is 0.197. The molecule has 1 aromatic heterocycles. The number of hydrogen-bond acceptors (Lipinski definition) is 13. The smallest absolute Gasteiger partial charge is 0.303 e. The molecule has 3 heterocycles. The van der Waals surface area contributed by atoms with Gasteiger partial charge in [-0.25, -0.2) is 0 Å². The van der Waals surface area contributed by atoms with Crippen molar-refractivity contribution in [3.8, 4) is 6.07 Å². The largest absolute Gasteiger partial charge is 0.463 e. The third-order valence-corrected chi connectivity index (χ3v) is 8.04. The van der Waals surface area contributed by atoms with Crippen LogP contribution in [0.5, 0.6) is 0 Å². The van der Waals surface area contributed by atoms with Crippen LogP contribution < -0.4 is 0 Å². The Bertz CT molecular complexity index is 1470. The minimum Gasteiger partial charge on any atom is -0.463 e. The van der Waals surface area contributed by atoms with Crippen molar-refractivity contribution in [2.24, 2.45) is 0 Å². The molecule has 0 unspecified atom stereocenters. The Morgan fingerprint density at radius 3 is 2.09 bits per heavy atom. The Morgan fingerprint density at radius 2 is 1.53 bits per heavy atom. The summed E-state index contributed by atoms with van der Waals surface area (Å²) >= 11 is 6.29. The minimum atomic E-state index is -1.39. The summed E-state index contributed by atoms with van der Waals surface area (Å²) in [5.41, 5.74) is 1.57. The van der Waals surface area contributed by atoms with Gasteiger partial charge >= 0.3 is 23.9 Å². The van der Waals surface area contributed by atoms with E-state index in [-0.39, 0.29) is 11.6 Å². The summed E-state index contributed by atoms with van der Waals surface area (Å²) in [6, 6.07) is 15.3. The van der Waals surface area contributed by atoms with Gasteiger partial charge in [-0.1, -0.05) is 36.4 Å². The molecule has 2 aliphatic rings. The predicted octanol–water partition coefficient (Wildman–Crippen LogP) is 3.94. The number of nitrogens with zero attached hydrogens (tertiary/aromatic N) is 2. The lowest BCUT2D eigenvalue weighted by atomic mass is 9.90. The van der Waals surface area contributed by atoms with E-state index in [4.69, 9.17) is 36.3 Å². The molecule has 0 spiro atoms. The van der Waals surface area contributed by atoms with Crippen LogP contribution in [0.15, 0.2) is 64.5 Å². The molecule has 1 saturated heterocycles. The van der Waals surface area contributed by atoms with E-state index in [9.17, 15) is 24.4 Å². The highest BCUT2D eigenvalue weighted by molar-refractivity contribution is 7.84. The number of thiophene rings is 1. The van der Waals surface area contributed by atoms with Crippen molar-refractivity contribution in [1.82, 2.24) is 4.90 Å². The van der Waals surface area contributed by atoms with Crippen molar-refractivity contribution in [2.45, 2.75) is 64.3 Å². The molecule has 0 radical (unpaired) electrons. The molecule has 2 aliphatic heterocycles. The van der Waals surface area contributed by atoms with Crippen LogP contribution in [0.4, 0.5) is 0 Å². The maximum atomic E-state index is 12.4. The standard InChI is InChI=1S/C30H30N2O9S2/c1-16(33)37-15-24-26(38-17(2)34)27(39-18(3)35)28(40-19(4)36)29(41-24)32-23(20-9-6-5-7-10-20)13-21(22(14-31)30(32)42)25-11-8-12-43-25/h5-13,21,24,26-29,42H,15H2,1-4H3/t21-,24-,26+,27-,28-,29+/m0/s1. The van der Waals surface area contributed by atoms with Gasteiger partial charge in [-0.3, -0.25) is 19.2 Å². The summed E-state index contributed by atoms with van der Waals surface area (Å²) in [5.74, 6) is -3.30. The summed E-state index contributed by atoms with van der Waals surface area (Å²) in [6.45, 7) is 4.29. The van der Waals surface area contributed by atoms with Crippen LogP contribution in [0, 0.1) is 11.3 Å². The van der Waals surface area contributed by atoms with Crippen LogP contribution in [0.3, 0.4) is 0 Å². The van der Waals surface area contributed by atoms with E-state index < -0.39 is 60.4 Å². The molecule has 43 heavy (non-hydrogen) atoms. The number of esters is 4. The van der Waals surface area contributed by atoms with Gasteiger partial charge in [-0.15, -0.1) is 24.0 Å². The molecule has 4 rings (SSSR count). The number of ether oxygens (including phenoxy) is 5. The van der Waals surface area contributed by atoms with Crippen molar-refractivity contribution >= 4 is 53.5 Å². The van der Waals surface area contributed by atoms with Crippen molar-refractivity contribution in [3.63, 3.8) is 0 Å². The maximum Gasteiger partial charge on any atom is 0.303 e. The Kier molecular flexibility index (Phi) is 10.3. The quantitative estimate of drug-likeness (QED) is 0.259. The number of carbonyl (C=O) groups is 4. The van der Waals surface area contributed by atoms with Gasteiger partial charge in [-0.2, -0.15) is 5.26 Å². The maximum absolute atomic E-state index is 12.4. The first-order chi connectivity index (χ1) is 20.5. The highest BCUT2D eigenvalue weighted by Crippen LogP contribution is 2.46. The van der Waals surface area contributed by atoms with Crippen LogP contribution in [-0.4, -0.2) is 66.0 Å². The molecule has 1 aromatic carbocycles. The van der Waals surface area contributed by atoms with Gasteiger partial charge in [0.25, 0.3) is 0 Å². The SMILES string of the molecule is CC(=O)OC[C@@H]1O[C@@H](N2C(c3ccccc3)=C[C@H](c3cccs3)C(C#N)=C2S)[C@@H](OC(C)=O)[C@@H](OC(C)=O)[C@@H]1OC(C)=O. The molecule has 6 atom stereocenters. The summed E-state index contributed by atoms with van der Waals surface area (Å²) < 4.78 is 28.5. The van der Waals surface area contributed by atoms with E-state index in [1.807, 2.05) is 53.9 Å². The average molecular weight is 627 g/mol. The van der Waals surface area contributed by atoms with E-state index in [0.29, 0.717) is 11.3 Å². The second-order valence-electron chi connectivity index (χ2n) is 9.72. The molecular weight excluding hydrogens is 596 g/mol. The molecule has 2 aromatic rings.